The molecule has 0 spiro atoms. The van der Waals surface area contributed by atoms with E-state index in [0.717, 1.165) is 22.1 Å². The fourth-order valence-electron chi connectivity index (χ4n) is 2.30. The minimum absolute atomic E-state index is 0.0997. The Morgan fingerprint density at radius 1 is 1.25 bits per heavy atom. The van der Waals surface area contributed by atoms with Crippen LogP contribution < -0.4 is 10.1 Å². The van der Waals surface area contributed by atoms with Crippen LogP contribution in [0.25, 0.3) is 5.13 Å². The number of thiazole rings is 1. The van der Waals surface area contributed by atoms with Crippen LogP contribution in [0.4, 0.5) is 0 Å². The number of amides is 1. The molecule has 0 aliphatic carbocycles. The van der Waals surface area contributed by atoms with Crippen molar-refractivity contribution in [3.8, 4) is 10.9 Å². The maximum Gasteiger partial charge on any atom is 0.263 e. The molecule has 0 unspecified atom stereocenters. The minimum atomic E-state index is -0.0997. The Morgan fingerprint density at radius 3 is 2.62 bits per heavy atom. The van der Waals surface area contributed by atoms with Crippen molar-refractivity contribution in [2.45, 2.75) is 20.4 Å². The van der Waals surface area contributed by atoms with Crippen LogP contribution in [0.1, 0.15) is 27.9 Å². The Hall–Kier alpha value is -2.60. The molecule has 0 atom stereocenters. The van der Waals surface area contributed by atoms with E-state index in [4.69, 9.17) is 4.74 Å². The summed E-state index contributed by atoms with van der Waals surface area (Å²) in [7, 11) is 0. The van der Waals surface area contributed by atoms with Crippen LogP contribution in [0.15, 0.2) is 48.8 Å². The number of hydrogen-bond donors (Lipinski definition) is 1. The van der Waals surface area contributed by atoms with E-state index in [1.807, 2.05) is 67.2 Å². The second-order valence-corrected chi connectivity index (χ2v) is 6.24. The Morgan fingerprint density at radius 2 is 1.96 bits per heavy atom. The van der Waals surface area contributed by atoms with Crippen molar-refractivity contribution in [3.63, 3.8) is 0 Å². The lowest BCUT2D eigenvalue weighted by molar-refractivity contribution is 0.0954. The SMILES string of the molecule is CCOc1ccc(CNC(=O)c2sc(-n3cccc3)nc2C)cc1. The largest absolute Gasteiger partial charge is 0.494 e. The first-order chi connectivity index (χ1) is 11.7. The van der Waals surface area contributed by atoms with E-state index in [1.54, 1.807) is 0 Å². The maximum atomic E-state index is 12.4. The average Bonchev–Trinajstić information content (AvgIpc) is 3.23. The van der Waals surface area contributed by atoms with Crippen molar-refractivity contribution in [2.75, 3.05) is 6.61 Å². The van der Waals surface area contributed by atoms with E-state index in [0.29, 0.717) is 18.0 Å². The molecular formula is C18H19N3O2S. The summed E-state index contributed by atoms with van der Waals surface area (Å²) in [6.07, 6.45) is 3.83. The quantitative estimate of drug-likeness (QED) is 0.746. The third kappa shape index (κ3) is 3.65. The molecule has 124 valence electrons. The molecule has 2 aromatic heterocycles. The van der Waals surface area contributed by atoms with Crippen LogP contribution >= 0.6 is 11.3 Å². The zero-order chi connectivity index (χ0) is 16.9. The molecule has 0 aliphatic heterocycles. The van der Waals surface area contributed by atoms with Gasteiger partial charge in [0.05, 0.1) is 12.3 Å². The lowest BCUT2D eigenvalue weighted by atomic mass is 10.2. The lowest BCUT2D eigenvalue weighted by Gasteiger charge is -2.06. The Kier molecular flexibility index (Phi) is 4.96. The van der Waals surface area contributed by atoms with Gasteiger partial charge >= 0.3 is 0 Å². The Labute approximate surface area is 144 Å². The van der Waals surface area contributed by atoms with Gasteiger partial charge in [-0.2, -0.15) is 0 Å². The van der Waals surface area contributed by atoms with Crippen molar-refractivity contribution in [1.82, 2.24) is 14.9 Å². The second kappa shape index (κ2) is 7.31. The van der Waals surface area contributed by atoms with E-state index in [1.165, 1.54) is 11.3 Å². The van der Waals surface area contributed by atoms with Crippen molar-refractivity contribution in [2.24, 2.45) is 0 Å². The fraction of sp³-hybridized carbons (Fsp3) is 0.222. The van der Waals surface area contributed by atoms with Crippen molar-refractivity contribution in [1.29, 1.82) is 0 Å². The predicted octanol–water partition coefficient (Wildman–Crippen LogP) is 3.57. The lowest BCUT2D eigenvalue weighted by Crippen LogP contribution is -2.22. The van der Waals surface area contributed by atoms with E-state index < -0.39 is 0 Å². The number of nitrogens with zero attached hydrogens (tertiary/aromatic N) is 2. The molecule has 5 nitrogen and oxygen atoms in total. The normalized spacial score (nSPS) is 10.6. The third-order valence-corrected chi connectivity index (χ3v) is 4.67. The standard InChI is InChI=1S/C18H19N3O2S/c1-3-23-15-8-6-14(7-9-15)12-19-17(22)16-13(2)20-18(24-16)21-10-4-5-11-21/h4-11H,3,12H2,1-2H3,(H,19,22). The first-order valence-corrected chi connectivity index (χ1v) is 8.59. The van der Waals surface area contributed by atoms with E-state index in [-0.39, 0.29) is 5.91 Å². The molecule has 0 saturated heterocycles. The highest BCUT2D eigenvalue weighted by Gasteiger charge is 2.15. The monoisotopic (exact) mass is 341 g/mol. The summed E-state index contributed by atoms with van der Waals surface area (Å²) in [5.74, 6) is 0.736. The van der Waals surface area contributed by atoms with Crippen molar-refractivity contribution in [3.05, 3.63) is 64.9 Å². The molecule has 0 radical (unpaired) electrons. The summed E-state index contributed by atoms with van der Waals surface area (Å²) in [5, 5.41) is 3.74. The van der Waals surface area contributed by atoms with E-state index in [2.05, 4.69) is 10.3 Å². The molecule has 1 N–H and O–H groups in total. The van der Waals surface area contributed by atoms with Crippen molar-refractivity contribution >= 4 is 17.2 Å². The number of carbonyl (C=O) groups excluding carboxylic acids is 1. The molecule has 2 heterocycles. The topological polar surface area (TPSA) is 56.1 Å². The highest BCUT2D eigenvalue weighted by molar-refractivity contribution is 7.16. The molecular weight excluding hydrogens is 322 g/mol. The summed E-state index contributed by atoms with van der Waals surface area (Å²) in [5.41, 5.74) is 1.77. The van der Waals surface area contributed by atoms with Gasteiger partial charge in [0.2, 0.25) is 0 Å². The second-order valence-electron chi connectivity index (χ2n) is 5.26. The highest BCUT2D eigenvalue weighted by Crippen LogP contribution is 2.21. The molecule has 3 rings (SSSR count). The molecule has 6 heteroatoms. The first-order valence-electron chi connectivity index (χ1n) is 7.78. The van der Waals surface area contributed by atoms with Gasteiger partial charge in [-0.15, -0.1) is 0 Å². The van der Waals surface area contributed by atoms with Crippen LogP contribution in [-0.2, 0) is 6.54 Å². The average molecular weight is 341 g/mol. The summed E-state index contributed by atoms with van der Waals surface area (Å²) >= 11 is 1.39. The molecule has 0 fully saturated rings. The van der Waals surface area contributed by atoms with Gasteiger partial charge in [-0.25, -0.2) is 4.98 Å². The number of benzene rings is 1. The van der Waals surface area contributed by atoms with Gasteiger partial charge < -0.3 is 14.6 Å². The molecule has 0 bridgehead atoms. The molecule has 3 aromatic rings. The van der Waals surface area contributed by atoms with Gasteiger partial charge in [0.1, 0.15) is 10.6 Å². The number of aryl methyl sites for hydroxylation is 1. The van der Waals surface area contributed by atoms with Crippen LogP contribution in [0.2, 0.25) is 0 Å². The number of ether oxygens (including phenoxy) is 1. The maximum absolute atomic E-state index is 12.4. The number of aromatic nitrogens is 2. The van der Waals surface area contributed by atoms with Gasteiger partial charge in [0, 0.05) is 18.9 Å². The van der Waals surface area contributed by atoms with Gasteiger partial charge in [-0.3, -0.25) is 4.79 Å². The van der Waals surface area contributed by atoms with Crippen molar-refractivity contribution < 1.29 is 9.53 Å². The smallest absolute Gasteiger partial charge is 0.263 e. The van der Waals surface area contributed by atoms with Crippen LogP contribution in [0, 0.1) is 6.92 Å². The Bertz CT molecular complexity index is 807. The highest BCUT2D eigenvalue weighted by atomic mass is 32.1. The number of rotatable bonds is 6. The fourth-order valence-corrected chi connectivity index (χ4v) is 3.25. The van der Waals surface area contributed by atoms with Crippen LogP contribution in [0.3, 0.4) is 0 Å². The number of nitrogens with one attached hydrogen (secondary N) is 1. The summed E-state index contributed by atoms with van der Waals surface area (Å²) in [6, 6.07) is 11.6. The zero-order valence-corrected chi connectivity index (χ0v) is 14.5. The molecule has 1 amide bonds. The summed E-state index contributed by atoms with van der Waals surface area (Å²) in [6.45, 7) is 4.93. The predicted molar refractivity (Wildman–Crippen MR) is 95.0 cm³/mol. The summed E-state index contributed by atoms with van der Waals surface area (Å²) in [4.78, 5) is 17.5. The number of carbonyl (C=O) groups is 1. The molecule has 0 saturated carbocycles. The van der Waals surface area contributed by atoms with Gasteiger partial charge in [0.15, 0.2) is 5.13 Å². The molecule has 24 heavy (non-hydrogen) atoms. The van der Waals surface area contributed by atoms with Gasteiger partial charge in [0.25, 0.3) is 5.91 Å². The third-order valence-electron chi connectivity index (χ3n) is 3.50. The molecule has 0 aliphatic rings. The zero-order valence-electron chi connectivity index (χ0n) is 13.7. The summed E-state index contributed by atoms with van der Waals surface area (Å²) < 4.78 is 7.32. The van der Waals surface area contributed by atoms with Crippen LogP contribution in [0.5, 0.6) is 5.75 Å². The minimum Gasteiger partial charge on any atom is -0.494 e. The van der Waals surface area contributed by atoms with Crippen LogP contribution in [-0.4, -0.2) is 22.1 Å². The van der Waals surface area contributed by atoms with E-state index in [9.17, 15) is 4.79 Å². The first kappa shape index (κ1) is 16.3. The van der Waals surface area contributed by atoms with E-state index >= 15 is 0 Å². The molecule has 1 aromatic carbocycles. The number of hydrogen-bond acceptors (Lipinski definition) is 4. The van der Waals surface area contributed by atoms with Gasteiger partial charge in [-0.05, 0) is 43.7 Å². The van der Waals surface area contributed by atoms with Gasteiger partial charge in [-0.1, -0.05) is 23.5 Å². The Balaban J connectivity index is 1.65.